The van der Waals surface area contributed by atoms with Crippen molar-refractivity contribution in [3.05, 3.63) is 64.7 Å². The molecule has 0 atom stereocenters. The molecule has 0 fully saturated rings. The number of carbonyl (C=O) groups excluding carboxylic acids is 3. The fourth-order valence-electron chi connectivity index (χ4n) is 2.68. The molecule has 2 rings (SSSR count). The molecule has 0 saturated heterocycles. The van der Waals surface area contributed by atoms with Crippen molar-refractivity contribution in [1.29, 1.82) is 0 Å². The van der Waals surface area contributed by atoms with Gasteiger partial charge < -0.3 is 14.8 Å². The zero-order chi connectivity index (χ0) is 21.2. The minimum absolute atomic E-state index is 0.0507. The molecule has 0 aliphatic carbocycles. The Labute approximate surface area is 171 Å². The summed E-state index contributed by atoms with van der Waals surface area (Å²) in [4.78, 5) is 35.8. The van der Waals surface area contributed by atoms with Gasteiger partial charge in [0.25, 0.3) is 5.91 Å². The summed E-state index contributed by atoms with van der Waals surface area (Å²) in [7, 11) is 1.61. The van der Waals surface area contributed by atoms with E-state index >= 15 is 0 Å². The van der Waals surface area contributed by atoms with Gasteiger partial charge in [-0.15, -0.1) is 0 Å². The minimum Gasteiger partial charge on any atom is -0.497 e. The fraction of sp³-hybridized carbons (Fsp3) is 0.348. The van der Waals surface area contributed by atoms with Crippen LogP contribution in [0.5, 0.6) is 5.75 Å². The van der Waals surface area contributed by atoms with E-state index in [1.807, 2.05) is 50.2 Å². The molecule has 0 bridgehead atoms. The van der Waals surface area contributed by atoms with Crippen LogP contribution in [0, 0.1) is 13.8 Å². The van der Waals surface area contributed by atoms with Crippen molar-refractivity contribution in [3.63, 3.8) is 0 Å². The highest BCUT2D eigenvalue weighted by atomic mass is 16.5. The van der Waals surface area contributed by atoms with Gasteiger partial charge in [0.2, 0.25) is 0 Å². The maximum Gasteiger partial charge on any atom is 0.306 e. The lowest BCUT2D eigenvalue weighted by atomic mass is 10.0. The number of methoxy groups -OCH3 is 1. The number of esters is 1. The van der Waals surface area contributed by atoms with E-state index in [4.69, 9.17) is 9.47 Å². The molecule has 6 nitrogen and oxygen atoms in total. The number of ketones is 1. The van der Waals surface area contributed by atoms with Crippen molar-refractivity contribution < 1.29 is 23.9 Å². The Balaban J connectivity index is 1.64. The number of ether oxygens (including phenoxy) is 2. The summed E-state index contributed by atoms with van der Waals surface area (Å²) in [6.07, 6.45) is 0.666. The van der Waals surface area contributed by atoms with Crippen molar-refractivity contribution in [2.24, 2.45) is 0 Å². The lowest BCUT2D eigenvalue weighted by molar-refractivity contribution is -0.148. The van der Waals surface area contributed by atoms with E-state index in [2.05, 4.69) is 5.32 Å². The van der Waals surface area contributed by atoms with E-state index in [-0.39, 0.29) is 31.1 Å². The third kappa shape index (κ3) is 7.41. The second-order valence-corrected chi connectivity index (χ2v) is 6.83. The Hall–Kier alpha value is -3.15. The molecular weight excluding hydrogens is 370 g/mol. The zero-order valence-electron chi connectivity index (χ0n) is 17.1. The largest absolute Gasteiger partial charge is 0.497 e. The number of nitrogens with one attached hydrogen (secondary N) is 1. The van der Waals surface area contributed by atoms with E-state index < -0.39 is 5.97 Å². The van der Waals surface area contributed by atoms with E-state index in [0.717, 1.165) is 22.4 Å². The second kappa shape index (κ2) is 11.0. The van der Waals surface area contributed by atoms with Crippen molar-refractivity contribution >= 4 is 17.7 Å². The van der Waals surface area contributed by atoms with Crippen LogP contribution in [-0.2, 0) is 20.7 Å². The third-order valence-electron chi connectivity index (χ3n) is 4.64. The van der Waals surface area contributed by atoms with Gasteiger partial charge in [-0.05, 0) is 55.2 Å². The number of aryl methyl sites for hydroxylation is 2. The van der Waals surface area contributed by atoms with Crippen LogP contribution in [-0.4, -0.2) is 37.9 Å². The summed E-state index contributed by atoms with van der Waals surface area (Å²) in [5, 5.41) is 2.70. The number of carbonyl (C=O) groups is 3. The van der Waals surface area contributed by atoms with Gasteiger partial charge in [0.05, 0.1) is 13.5 Å². The first kappa shape index (κ1) is 22.1. The molecule has 0 aliphatic heterocycles. The molecule has 0 heterocycles. The van der Waals surface area contributed by atoms with Gasteiger partial charge in [-0.3, -0.25) is 14.4 Å². The fourth-order valence-corrected chi connectivity index (χ4v) is 2.68. The van der Waals surface area contributed by atoms with Crippen molar-refractivity contribution in [2.45, 2.75) is 33.1 Å². The molecule has 0 unspecified atom stereocenters. The molecule has 1 amide bonds. The second-order valence-electron chi connectivity index (χ2n) is 6.83. The van der Waals surface area contributed by atoms with Crippen LogP contribution < -0.4 is 10.1 Å². The first-order valence-corrected chi connectivity index (χ1v) is 9.54. The predicted octanol–water partition coefficient (Wildman–Crippen LogP) is 3.18. The van der Waals surface area contributed by atoms with Crippen LogP contribution in [0.4, 0.5) is 0 Å². The van der Waals surface area contributed by atoms with Crippen LogP contribution in [0.25, 0.3) is 0 Å². The van der Waals surface area contributed by atoms with E-state index in [1.54, 1.807) is 13.2 Å². The molecule has 29 heavy (non-hydrogen) atoms. The van der Waals surface area contributed by atoms with Gasteiger partial charge in [0, 0.05) is 18.5 Å². The summed E-state index contributed by atoms with van der Waals surface area (Å²) in [5.74, 6) is -0.269. The maximum atomic E-state index is 12.2. The van der Waals surface area contributed by atoms with Gasteiger partial charge in [-0.25, -0.2) is 0 Å². The highest BCUT2D eigenvalue weighted by Crippen LogP contribution is 2.13. The smallest absolute Gasteiger partial charge is 0.306 e. The summed E-state index contributed by atoms with van der Waals surface area (Å²) in [5.41, 5.74) is 3.79. The predicted molar refractivity (Wildman–Crippen MR) is 110 cm³/mol. The van der Waals surface area contributed by atoms with Crippen LogP contribution in [0.2, 0.25) is 0 Å². The molecule has 0 aliphatic rings. The number of benzene rings is 2. The summed E-state index contributed by atoms with van der Waals surface area (Å²) in [6, 6.07) is 13.0. The molecule has 6 heteroatoms. The van der Waals surface area contributed by atoms with Crippen molar-refractivity contribution in [3.8, 4) is 5.75 Å². The van der Waals surface area contributed by atoms with Crippen LogP contribution >= 0.6 is 0 Å². The maximum absolute atomic E-state index is 12.2. The number of Topliss-reactive ketones (excluding diaryl/α,β-unsaturated/α-hetero) is 1. The Morgan fingerprint density at radius 2 is 1.66 bits per heavy atom. The number of hydrogen-bond donors (Lipinski definition) is 1. The first-order chi connectivity index (χ1) is 13.9. The Morgan fingerprint density at radius 3 is 2.31 bits per heavy atom. The lowest BCUT2D eigenvalue weighted by Gasteiger charge is -2.08. The monoisotopic (exact) mass is 397 g/mol. The minimum atomic E-state index is -0.563. The zero-order valence-corrected chi connectivity index (χ0v) is 17.1. The molecule has 2 aromatic rings. The molecule has 1 N–H and O–H groups in total. The average Bonchev–Trinajstić information content (AvgIpc) is 2.73. The number of rotatable bonds is 10. The Bertz CT molecular complexity index is 858. The highest BCUT2D eigenvalue weighted by Gasteiger charge is 2.12. The average molecular weight is 397 g/mol. The van der Waals surface area contributed by atoms with Crippen LogP contribution in [0.1, 0.15) is 39.9 Å². The van der Waals surface area contributed by atoms with Crippen LogP contribution in [0.3, 0.4) is 0 Å². The molecule has 0 radical (unpaired) electrons. The molecule has 0 spiro atoms. The molecular formula is C23H27NO5. The molecule has 0 aromatic heterocycles. The van der Waals surface area contributed by atoms with Gasteiger partial charge in [0.1, 0.15) is 5.75 Å². The van der Waals surface area contributed by atoms with Gasteiger partial charge >= 0.3 is 5.97 Å². The van der Waals surface area contributed by atoms with E-state index in [0.29, 0.717) is 18.5 Å². The standard InChI is InChI=1S/C23H27NO5/c1-16-4-7-19(14-17(16)2)21(25)10-11-23(27)29-15-22(26)24-13-12-18-5-8-20(28-3)9-6-18/h4-9,14H,10-13,15H2,1-3H3,(H,24,26). The number of amides is 1. The first-order valence-electron chi connectivity index (χ1n) is 9.54. The summed E-state index contributed by atoms with van der Waals surface area (Å²) in [6.45, 7) is 4.00. The normalized spacial score (nSPS) is 10.3. The number of hydrogen-bond acceptors (Lipinski definition) is 5. The van der Waals surface area contributed by atoms with Crippen LogP contribution in [0.15, 0.2) is 42.5 Å². The van der Waals surface area contributed by atoms with Crippen molar-refractivity contribution in [2.75, 3.05) is 20.3 Å². The lowest BCUT2D eigenvalue weighted by Crippen LogP contribution is -2.30. The highest BCUT2D eigenvalue weighted by molar-refractivity contribution is 5.97. The Morgan fingerprint density at radius 1 is 0.931 bits per heavy atom. The van der Waals surface area contributed by atoms with Gasteiger partial charge in [0.15, 0.2) is 12.4 Å². The topological polar surface area (TPSA) is 81.7 Å². The van der Waals surface area contributed by atoms with Gasteiger partial charge in [-0.1, -0.05) is 24.3 Å². The molecule has 2 aromatic carbocycles. The summed E-state index contributed by atoms with van der Waals surface area (Å²) >= 11 is 0. The molecule has 0 saturated carbocycles. The SMILES string of the molecule is COc1ccc(CCNC(=O)COC(=O)CCC(=O)c2ccc(C)c(C)c2)cc1. The van der Waals surface area contributed by atoms with Gasteiger partial charge in [-0.2, -0.15) is 0 Å². The Kier molecular flexibility index (Phi) is 8.40. The molecule has 154 valence electrons. The third-order valence-corrected chi connectivity index (χ3v) is 4.64. The van der Waals surface area contributed by atoms with E-state index in [1.165, 1.54) is 0 Å². The quantitative estimate of drug-likeness (QED) is 0.492. The van der Waals surface area contributed by atoms with Crippen molar-refractivity contribution in [1.82, 2.24) is 5.32 Å². The summed E-state index contributed by atoms with van der Waals surface area (Å²) < 4.78 is 10.0. The van der Waals surface area contributed by atoms with E-state index in [9.17, 15) is 14.4 Å².